The molecular formula is C21H26N2O4. The molecular weight excluding hydrogens is 344 g/mol. The van der Waals surface area contributed by atoms with Gasteiger partial charge in [-0.2, -0.15) is 0 Å². The summed E-state index contributed by atoms with van der Waals surface area (Å²) in [5.74, 6) is 0.125. The van der Waals surface area contributed by atoms with E-state index in [0.29, 0.717) is 5.75 Å². The summed E-state index contributed by atoms with van der Waals surface area (Å²) in [6.45, 7) is 5.93. The fourth-order valence-electron chi connectivity index (χ4n) is 2.70. The fourth-order valence-corrected chi connectivity index (χ4v) is 2.70. The molecule has 0 atom stereocenters. The van der Waals surface area contributed by atoms with Crippen molar-refractivity contribution in [2.45, 2.75) is 26.8 Å². The van der Waals surface area contributed by atoms with Crippen LogP contribution in [0.5, 0.6) is 5.75 Å². The second-order valence-corrected chi connectivity index (χ2v) is 6.39. The number of hydrogen-bond donors (Lipinski definition) is 1. The highest BCUT2D eigenvalue weighted by molar-refractivity contribution is 5.96. The quantitative estimate of drug-likeness (QED) is 0.722. The molecule has 0 unspecified atom stereocenters. The van der Waals surface area contributed by atoms with Crippen LogP contribution in [-0.2, 0) is 14.3 Å². The molecule has 0 saturated carbocycles. The van der Waals surface area contributed by atoms with E-state index in [1.165, 1.54) is 7.11 Å². The Labute approximate surface area is 160 Å². The normalized spacial score (nSPS) is 10.4. The summed E-state index contributed by atoms with van der Waals surface area (Å²) in [4.78, 5) is 25.7. The average molecular weight is 370 g/mol. The molecule has 0 aliphatic heterocycles. The Morgan fingerprint density at radius 3 is 2.41 bits per heavy atom. The monoisotopic (exact) mass is 370 g/mol. The second kappa shape index (κ2) is 9.62. The first-order valence-corrected chi connectivity index (χ1v) is 8.83. The summed E-state index contributed by atoms with van der Waals surface area (Å²) in [5.41, 5.74) is 2.63. The molecule has 144 valence electrons. The first kappa shape index (κ1) is 20.3. The molecule has 2 aromatic rings. The van der Waals surface area contributed by atoms with Crippen LogP contribution in [0.1, 0.15) is 19.4 Å². The zero-order valence-electron chi connectivity index (χ0n) is 16.2. The molecule has 0 fully saturated rings. The van der Waals surface area contributed by atoms with Gasteiger partial charge in [0.15, 0.2) is 6.61 Å². The maximum absolute atomic E-state index is 12.7. The minimum absolute atomic E-state index is 0.0124. The van der Waals surface area contributed by atoms with E-state index in [2.05, 4.69) is 10.1 Å². The van der Waals surface area contributed by atoms with Crippen LogP contribution in [0, 0.1) is 6.92 Å². The fraction of sp³-hybridized carbons (Fsp3) is 0.333. The van der Waals surface area contributed by atoms with Crippen molar-refractivity contribution in [1.29, 1.82) is 0 Å². The Hall–Kier alpha value is -3.02. The lowest BCUT2D eigenvalue weighted by molar-refractivity contribution is -0.142. The minimum atomic E-state index is -0.435. The molecule has 0 heterocycles. The maximum atomic E-state index is 12.7. The van der Waals surface area contributed by atoms with E-state index < -0.39 is 5.97 Å². The maximum Gasteiger partial charge on any atom is 0.343 e. The predicted molar refractivity (Wildman–Crippen MR) is 106 cm³/mol. The molecule has 0 spiro atoms. The number of esters is 1. The van der Waals surface area contributed by atoms with E-state index in [-0.39, 0.29) is 25.1 Å². The first-order valence-electron chi connectivity index (χ1n) is 8.83. The van der Waals surface area contributed by atoms with Crippen LogP contribution in [0.3, 0.4) is 0 Å². The molecule has 0 aliphatic rings. The van der Waals surface area contributed by atoms with E-state index >= 15 is 0 Å². The lowest BCUT2D eigenvalue weighted by atomic mass is 10.2. The van der Waals surface area contributed by atoms with Crippen molar-refractivity contribution in [2.24, 2.45) is 0 Å². The number of rotatable bonds is 8. The van der Waals surface area contributed by atoms with Crippen molar-refractivity contribution >= 4 is 23.3 Å². The van der Waals surface area contributed by atoms with Crippen LogP contribution in [-0.4, -0.2) is 38.2 Å². The Balaban J connectivity index is 2.00. The van der Waals surface area contributed by atoms with Gasteiger partial charge < -0.3 is 19.7 Å². The molecule has 0 bridgehead atoms. The Morgan fingerprint density at radius 2 is 1.81 bits per heavy atom. The third-order valence-electron chi connectivity index (χ3n) is 4.03. The number of carbonyl (C=O) groups is 2. The largest absolute Gasteiger partial charge is 0.482 e. The smallest absolute Gasteiger partial charge is 0.343 e. The van der Waals surface area contributed by atoms with Gasteiger partial charge >= 0.3 is 5.97 Å². The van der Waals surface area contributed by atoms with Crippen LogP contribution in [0.15, 0.2) is 48.5 Å². The Bertz CT molecular complexity index is 775. The highest BCUT2D eigenvalue weighted by Gasteiger charge is 2.18. The van der Waals surface area contributed by atoms with Gasteiger partial charge in [0.25, 0.3) is 0 Å². The van der Waals surface area contributed by atoms with E-state index in [1.807, 2.05) is 63.2 Å². The van der Waals surface area contributed by atoms with Gasteiger partial charge in [0.2, 0.25) is 5.91 Å². The summed E-state index contributed by atoms with van der Waals surface area (Å²) in [6.07, 6.45) is 0. The summed E-state index contributed by atoms with van der Waals surface area (Å²) < 4.78 is 9.92. The van der Waals surface area contributed by atoms with E-state index in [1.54, 1.807) is 11.0 Å². The van der Waals surface area contributed by atoms with Gasteiger partial charge in [-0.3, -0.25) is 4.79 Å². The van der Waals surface area contributed by atoms with Crippen LogP contribution in [0.25, 0.3) is 0 Å². The lowest BCUT2D eigenvalue weighted by Gasteiger charge is -2.27. The van der Waals surface area contributed by atoms with Gasteiger partial charge in [-0.25, -0.2) is 4.79 Å². The summed E-state index contributed by atoms with van der Waals surface area (Å²) >= 11 is 0. The van der Waals surface area contributed by atoms with Crippen molar-refractivity contribution in [1.82, 2.24) is 0 Å². The van der Waals surface area contributed by atoms with Gasteiger partial charge in [0, 0.05) is 17.4 Å². The molecule has 27 heavy (non-hydrogen) atoms. The SMILES string of the molecule is COC(=O)COc1ccc(NCC(=O)N(c2ccccc2)C(C)C)c(C)c1. The summed E-state index contributed by atoms with van der Waals surface area (Å²) in [5, 5.41) is 3.18. The molecule has 2 aromatic carbocycles. The number of methoxy groups -OCH3 is 1. The van der Waals surface area contributed by atoms with Crippen molar-refractivity contribution in [3.63, 3.8) is 0 Å². The van der Waals surface area contributed by atoms with Crippen molar-refractivity contribution in [2.75, 3.05) is 30.5 Å². The number of nitrogens with one attached hydrogen (secondary N) is 1. The van der Waals surface area contributed by atoms with Gasteiger partial charge in [-0.15, -0.1) is 0 Å². The molecule has 2 rings (SSSR count). The standard InChI is InChI=1S/C21H26N2O4/c1-15(2)23(17-8-6-5-7-9-17)20(24)13-22-19-11-10-18(12-16(19)3)27-14-21(25)26-4/h5-12,15,22H,13-14H2,1-4H3. The van der Waals surface area contributed by atoms with Gasteiger partial charge in [-0.05, 0) is 56.7 Å². The minimum Gasteiger partial charge on any atom is -0.482 e. The Kier molecular flexibility index (Phi) is 7.23. The lowest BCUT2D eigenvalue weighted by Crippen LogP contribution is -2.40. The van der Waals surface area contributed by atoms with E-state index in [0.717, 1.165) is 16.9 Å². The summed E-state index contributed by atoms with van der Waals surface area (Å²) in [7, 11) is 1.32. The van der Waals surface area contributed by atoms with Crippen molar-refractivity contribution in [3.05, 3.63) is 54.1 Å². The number of hydrogen-bond acceptors (Lipinski definition) is 5. The van der Waals surface area contributed by atoms with Crippen molar-refractivity contribution < 1.29 is 19.1 Å². The third kappa shape index (κ3) is 5.74. The van der Waals surface area contributed by atoms with Crippen LogP contribution in [0.2, 0.25) is 0 Å². The molecule has 6 heteroatoms. The molecule has 0 radical (unpaired) electrons. The van der Waals surface area contributed by atoms with E-state index in [4.69, 9.17) is 4.74 Å². The number of nitrogens with zero attached hydrogens (tertiary/aromatic N) is 1. The zero-order valence-corrected chi connectivity index (χ0v) is 16.2. The van der Waals surface area contributed by atoms with Gasteiger partial charge in [0.05, 0.1) is 13.7 Å². The third-order valence-corrected chi connectivity index (χ3v) is 4.03. The van der Waals surface area contributed by atoms with Gasteiger partial charge in [0.1, 0.15) is 5.75 Å². The molecule has 0 saturated heterocycles. The number of amides is 1. The predicted octanol–water partition coefficient (Wildman–Crippen LogP) is 3.40. The highest BCUT2D eigenvalue weighted by atomic mass is 16.6. The molecule has 6 nitrogen and oxygen atoms in total. The second-order valence-electron chi connectivity index (χ2n) is 6.39. The number of aryl methyl sites for hydroxylation is 1. The molecule has 0 aromatic heterocycles. The van der Waals surface area contributed by atoms with Gasteiger partial charge in [-0.1, -0.05) is 18.2 Å². The topological polar surface area (TPSA) is 67.9 Å². The molecule has 1 N–H and O–H groups in total. The van der Waals surface area contributed by atoms with Crippen LogP contribution >= 0.6 is 0 Å². The Morgan fingerprint density at radius 1 is 1.11 bits per heavy atom. The summed E-state index contributed by atoms with van der Waals surface area (Å²) in [6, 6.07) is 15.1. The molecule has 1 amide bonds. The molecule has 0 aliphatic carbocycles. The first-order chi connectivity index (χ1) is 12.9. The van der Waals surface area contributed by atoms with E-state index in [9.17, 15) is 9.59 Å². The van der Waals surface area contributed by atoms with Crippen LogP contribution < -0.4 is 15.0 Å². The number of benzene rings is 2. The number of ether oxygens (including phenoxy) is 2. The van der Waals surface area contributed by atoms with Crippen molar-refractivity contribution in [3.8, 4) is 5.75 Å². The number of carbonyl (C=O) groups excluding carboxylic acids is 2. The zero-order chi connectivity index (χ0) is 19.8. The number of anilines is 2. The van der Waals surface area contributed by atoms with Crippen LogP contribution in [0.4, 0.5) is 11.4 Å². The average Bonchev–Trinajstić information content (AvgIpc) is 2.66. The highest BCUT2D eigenvalue weighted by Crippen LogP contribution is 2.22. The number of para-hydroxylation sites is 1.